The molecule has 5 heteroatoms. The standard InChI is InChI=1S/C19H26N2O2.ClH/c22-19(21-11-10-15-8-9-16(13-21)20-15)14-4-3-7-18(12-14)23-17-5-1-2-6-17;/h3-4,7,12,15-17,20H,1-2,5-6,8-11,13H2;1H. The number of rotatable bonds is 3. The monoisotopic (exact) mass is 350 g/mol. The molecule has 3 fully saturated rings. The molecular formula is C19H27ClN2O2. The quantitative estimate of drug-likeness (QED) is 0.908. The third-order valence-electron chi connectivity index (χ3n) is 5.50. The lowest BCUT2D eigenvalue weighted by Gasteiger charge is -2.24. The van der Waals surface area contributed by atoms with Gasteiger partial charge in [-0.1, -0.05) is 6.07 Å². The van der Waals surface area contributed by atoms with E-state index in [1.807, 2.05) is 29.2 Å². The van der Waals surface area contributed by atoms with Gasteiger partial charge in [0.15, 0.2) is 0 Å². The number of nitrogens with zero attached hydrogens (tertiary/aromatic N) is 1. The number of nitrogens with one attached hydrogen (secondary N) is 1. The second kappa shape index (κ2) is 7.75. The van der Waals surface area contributed by atoms with E-state index in [2.05, 4.69) is 5.32 Å². The number of halogens is 1. The molecule has 1 saturated carbocycles. The average molecular weight is 351 g/mol. The molecule has 24 heavy (non-hydrogen) atoms. The molecule has 2 bridgehead atoms. The lowest BCUT2D eigenvalue weighted by atomic mass is 10.1. The number of carbonyl (C=O) groups is 1. The van der Waals surface area contributed by atoms with E-state index in [-0.39, 0.29) is 18.3 Å². The van der Waals surface area contributed by atoms with E-state index in [1.54, 1.807) is 0 Å². The van der Waals surface area contributed by atoms with Gasteiger partial charge in [0.25, 0.3) is 5.91 Å². The summed E-state index contributed by atoms with van der Waals surface area (Å²) in [6.45, 7) is 1.70. The molecule has 1 aliphatic carbocycles. The van der Waals surface area contributed by atoms with Gasteiger partial charge in [0, 0.05) is 30.7 Å². The zero-order valence-electron chi connectivity index (χ0n) is 14.1. The Kier molecular flexibility index (Phi) is 5.67. The third-order valence-corrected chi connectivity index (χ3v) is 5.50. The number of ether oxygens (including phenoxy) is 1. The molecule has 0 spiro atoms. The predicted octanol–water partition coefficient (Wildman–Crippen LogP) is 3.40. The summed E-state index contributed by atoms with van der Waals surface area (Å²) in [6.07, 6.45) is 8.65. The van der Waals surface area contributed by atoms with E-state index in [1.165, 1.54) is 25.7 Å². The number of fused-ring (bicyclic) bond motifs is 2. The average Bonchev–Trinajstić information content (AvgIpc) is 3.16. The molecule has 4 nitrogen and oxygen atoms in total. The Labute approximate surface area is 150 Å². The third kappa shape index (κ3) is 3.86. The summed E-state index contributed by atoms with van der Waals surface area (Å²) in [5.41, 5.74) is 0.762. The molecule has 4 rings (SSSR count). The highest BCUT2D eigenvalue weighted by atomic mass is 35.5. The minimum Gasteiger partial charge on any atom is -0.490 e. The fourth-order valence-corrected chi connectivity index (χ4v) is 4.21. The van der Waals surface area contributed by atoms with E-state index >= 15 is 0 Å². The van der Waals surface area contributed by atoms with E-state index in [0.717, 1.165) is 43.7 Å². The number of amides is 1. The van der Waals surface area contributed by atoms with Crippen LogP contribution in [0.15, 0.2) is 24.3 Å². The molecule has 1 N–H and O–H groups in total. The molecule has 2 atom stereocenters. The van der Waals surface area contributed by atoms with E-state index in [0.29, 0.717) is 18.2 Å². The molecule has 0 radical (unpaired) electrons. The number of hydrogen-bond donors (Lipinski definition) is 1. The highest BCUT2D eigenvalue weighted by Crippen LogP contribution is 2.26. The van der Waals surface area contributed by atoms with Gasteiger partial charge in [-0.3, -0.25) is 4.79 Å². The Morgan fingerprint density at radius 1 is 1.08 bits per heavy atom. The Bertz CT molecular complexity index is 574. The molecule has 2 aliphatic heterocycles. The SMILES string of the molecule is Cl.O=C(c1cccc(OC2CCCC2)c1)N1CCC2CCC(C1)N2. The smallest absolute Gasteiger partial charge is 0.254 e. The van der Waals surface area contributed by atoms with Crippen molar-refractivity contribution in [2.75, 3.05) is 13.1 Å². The van der Waals surface area contributed by atoms with Gasteiger partial charge in [0.1, 0.15) is 5.75 Å². The van der Waals surface area contributed by atoms with Gasteiger partial charge in [-0.25, -0.2) is 0 Å². The predicted molar refractivity (Wildman–Crippen MR) is 97.0 cm³/mol. The number of benzene rings is 1. The molecule has 1 amide bonds. The largest absolute Gasteiger partial charge is 0.490 e. The van der Waals surface area contributed by atoms with Crippen LogP contribution >= 0.6 is 12.4 Å². The Morgan fingerprint density at radius 3 is 2.71 bits per heavy atom. The first-order valence-electron chi connectivity index (χ1n) is 9.10. The first-order valence-corrected chi connectivity index (χ1v) is 9.10. The molecule has 2 heterocycles. The van der Waals surface area contributed by atoms with Crippen LogP contribution in [-0.2, 0) is 0 Å². The van der Waals surface area contributed by atoms with Gasteiger partial charge in [-0.05, 0) is 63.1 Å². The number of hydrogen-bond acceptors (Lipinski definition) is 3. The summed E-state index contributed by atoms with van der Waals surface area (Å²) < 4.78 is 6.04. The molecule has 1 aromatic rings. The van der Waals surface area contributed by atoms with Crippen LogP contribution in [0, 0.1) is 0 Å². The molecule has 2 unspecified atom stereocenters. The fraction of sp³-hybridized carbons (Fsp3) is 0.632. The highest BCUT2D eigenvalue weighted by molar-refractivity contribution is 5.94. The zero-order valence-corrected chi connectivity index (χ0v) is 14.9. The van der Waals surface area contributed by atoms with Gasteiger partial charge in [-0.2, -0.15) is 0 Å². The Hall–Kier alpha value is -1.26. The van der Waals surface area contributed by atoms with Crippen molar-refractivity contribution in [3.63, 3.8) is 0 Å². The maximum absolute atomic E-state index is 12.9. The molecule has 1 aromatic carbocycles. The second-order valence-electron chi connectivity index (χ2n) is 7.23. The first-order chi connectivity index (χ1) is 11.3. The van der Waals surface area contributed by atoms with Crippen LogP contribution < -0.4 is 10.1 Å². The minimum atomic E-state index is 0. The first kappa shape index (κ1) is 17.6. The molecule has 132 valence electrons. The molecule has 2 saturated heterocycles. The Balaban J connectivity index is 0.00000169. The van der Waals surface area contributed by atoms with Crippen molar-refractivity contribution in [3.8, 4) is 5.75 Å². The van der Waals surface area contributed by atoms with Gasteiger partial charge in [-0.15, -0.1) is 12.4 Å². The van der Waals surface area contributed by atoms with Gasteiger partial charge >= 0.3 is 0 Å². The molecule has 0 aromatic heterocycles. The van der Waals surface area contributed by atoms with Crippen molar-refractivity contribution in [2.45, 2.75) is 63.1 Å². The topological polar surface area (TPSA) is 41.6 Å². The highest BCUT2D eigenvalue weighted by Gasteiger charge is 2.31. The van der Waals surface area contributed by atoms with Crippen molar-refractivity contribution in [3.05, 3.63) is 29.8 Å². The van der Waals surface area contributed by atoms with Crippen LogP contribution in [-0.4, -0.2) is 42.1 Å². The number of likely N-dealkylation sites (tertiary alicyclic amines) is 1. The fourth-order valence-electron chi connectivity index (χ4n) is 4.21. The number of carbonyl (C=O) groups excluding carboxylic acids is 1. The summed E-state index contributed by atoms with van der Waals surface area (Å²) in [5.74, 6) is 0.994. The zero-order chi connectivity index (χ0) is 15.6. The molecule has 3 aliphatic rings. The van der Waals surface area contributed by atoms with Crippen molar-refractivity contribution >= 4 is 18.3 Å². The second-order valence-corrected chi connectivity index (χ2v) is 7.23. The Morgan fingerprint density at radius 2 is 1.88 bits per heavy atom. The summed E-state index contributed by atoms with van der Waals surface area (Å²) in [6, 6.07) is 8.84. The van der Waals surface area contributed by atoms with E-state index in [9.17, 15) is 4.79 Å². The van der Waals surface area contributed by atoms with Crippen molar-refractivity contribution in [1.82, 2.24) is 10.2 Å². The lowest BCUT2D eigenvalue weighted by Crippen LogP contribution is -2.39. The summed E-state index contributed by atoms with van der Waals surface area (Å²) >= 11 is 0. The van der Waals surface area contributed by atoms with Gasteiger partial charge in [0.05, 0.1) is 6.10 Å². The van der Waals surface area contributed by atoms with Gasteiger partial charge < -0.3 is 15.0 Å². The minimum absolute atomic E-state index is 0. The van der Waals surface area contributed by atoms with Crippen LogP contribution in [0.1, 0.15) is 55.3 Å². The van der Waals surface area contributed by atoms with Crippen molar-refractivity contribution in [2.24, 2.45) is 0 Å². The maximum Gasteiger partial charge on any atom is 0.254 e. The summed E-state index contributed by atoms with van der Waals surface area (Å²) in [4.78, 5) is 14.9. The van der Waals surface area contributed by atoms with Crippen molar-refractivity contribution in [1.29, 1.82) is 0 Å². The van der Waals surface area contributed by atoms with Crippen LogP contribution in [0.4, 0.5) is 0 Å². The molecular weight excluding hydrogens is 324 g/mol. The summed E-state index contributed by atoms with van der Waals surface area (Å²) in [5, 5.41) is 3.63. The van der Waals surface area contributed by atoms with Crippen LogP contribution in [0.3, 0.4) is 0 Å². The lowest BCUT2D eigenvalue weighted by molar-refractivity contribution is 0.0747. The van der Waals surface area contributed by atoms with Crippen LogP contribution in [0.25, 0.3) is 0 Å². The van der Waals surface area contributed by atoms with E-state index in [4.69, 9.17) is 4.74 Å². The summed E-state index contributed by atoms with van der Waals surface area (Å²) in [7, 11) is 0. The van der Waals surface area contributed by atoms with Crippen LogP contribution in [0.2, 0.25) is 0 Å². The van der Waals surface area contributed by atoms with Crippen molar-refractivity contribution < 1.29 is 9.53 Å². The normalized spacial score (nSPS) is 26.8. The van der Waals surface area contributed by atoms with E-state index < -0.39 is 0 Å². The van der Waals surface area contributed by atoms with Crippen LogP contribution in [0.5, 0.6) is 5.75 Å². The maximum atomic E-state index is 12.9. The van der Waals surface area contributed by atoms with Gasteiger partial charge in [0.2, 0.25) is 0 Å².